The van der Waals surface area contributed by atoms with Crippen molar-refractivity contribution in [3.05, 3.63) is 60.4 Å². The summed E-state index contributed by atoms with van der Waals surface area (Å²) in [5, 5.41) is 0. The van der Waals surface area contributed by atoms with Crippen LogP contribution in [0.2, 0.25) is 0 Å². The Bertz CT molecular complexity index is 746. The molecule has 1 fully saturated rings. The molecule has 2 rings (SSSR count). The monoisotopic (exact) mass is 398 g/mol. The molecule has 1 aromatic carbocycles. The van der Waals surface area contributed by atoms with E-state index in [2.05, 4.69) is 31.9 Å². The summed E-state index contributed by atoms with van der Waals surface area (Å²) in [6.45, 7) is 15.9. The Morgan fingerprint density at radius 3 is 2.48 bits per heavy atom. The summed E-state index contributed by atoms with van der Waals surface area (Å²) in [4.78, 5) is 18.9. The molecular weight excluding hydrogens is 364 g/mol. The lowest BCUT2D eigenvalue weighted by Gasteiger charge is -2.42. The van der Waals surface area contributed by atoms with Crippen LogP contribution in [0.1, 0.15) is 52.0 Å². The van der Waals surface area contributed by atoms with Crippen LogP contribution in [-0.2, 0) is 9.63 Å². The summed E-state index contributed by atoms with van der Waals surface area (Å²) >= 11 is 0. The Balaban J connectivity index is 2.10. The molecule has 5 heteroatoms. The van der Waals surface area contributed by atoms with Crippen LogP contribution in [-0.4, -0.2) is 35.9 Å². The Labute approximate surface area is 174 Å². The number of nitrogens with zero attached hydrogens (tertiary/aromatic N) is 1. The maximum absolute atomic E-state index is 11.3. The number of carbonyl (C=O) groups excluding carboxylic acids is 1. The number of allylic oxidation sites excluding steroid dienone is 3. The van der Waals surface area contributed by atoms with Gasteiger partial charge in [-0.1, -0.05) is 31.7 Å². The summed E-state index contributed by atoms with van der Waals surface area (Å²) in [5.74, 6) is 7.03. The molecule has 0 amide bonds. The molecule has 0 saturated carbocycles. The van der Waals surface area contributed by atoms with E-state index in [1.54, 1.807) is 13.0 Å². The molecule has 0 aliphatic carbocycles. The molecule has 1 aliphatic heterocycles. The first-order chi connectivity index (χ1) is 13.9. The summed E-state index contributed by atoms with van der Waals surface area (Å²) in [6.07, 6.45) is 4.70. The van der Waals surface area contributed by atoms with E-state index in [4.69, 9.17) is 15.5 Å². The number of ketones is 1. The summed E-state index contributed by atoms with van der Waals surface area (Å²) in [7, 11) is 0. The fourth-order valence-electron chi connectivity index (χ4n) is 3.38. The second-order valence-electron chi connectivity index (χ2n) is 7.70. The maximum atomic E-state index is 11.3. The number of hydrogen-bond acceptors (Lipinski definition) is 5. The van der Waals surface area contributed by atoms with Crippen LogP contribution in [0, 0.1) is 0 Å². The third-order valence-electron chi connectivity index (χ3n) is 5.44. The zero-order valence-electron chi connectivity index (χ0n) is 17.9. The van der Waals surface area contributed by atoms with Crippen LogP contribution in [0.3, 0.4) is 0 Å². The Kier molecular flexibility index (Phi) is 8.68. The lowest BCUT2D eigenvalue weighted by molar-refractivity contribution is -0.116. The van der Waals surface area contributed by atoms with Gasteiger partial charge >= 0.3 is 0 Å². The van der Waals surface area contributed by atoms with E-state index in [1.807, 2.05) is 24.3 Å². The van der Waals surface area contributed by atoms with Gasteiger partial charge in [-0.2, -0.15) is 5.90 Å². The molecule has 0 radical (unpaired) electrons. The van der Waals surface area contributed by atoms with Crippen molar-refractivity contribution in [2.75, 3.05) is 13.1 Å². The van der Waals surface area contributed by atoms with Crippen molar-refractivity contribution in [2.45, 2.75) is 58.6 Å². The quantitative estimate of drug-likeness (QED) is 0.240. The van der Waals surface area contributed by atoms with E-state index < -0.39 is 0 Å². The first-order valence-electron chi connectivity index (χ1n) is 10.3. The second kappa shape index (κ2) is 11.0. The SMILES string of the molecule is C=CCC(=C(ON)C(=C)CCC(C)=O)c1ccc(OC2CN(C(C)CC)C2)cc1. The Morgan fingerprint density at radius 2 is 1.97 bits per heavy atom. The van der Waals surface area contributed by atoms with Crippen LogP contribution in [0.5, 0.6) is 5.75 Å². The van der Waals surface area contributed by atoms with Crippen molar-refractivity contribution in [1.29, 1.82) is 0 Å². The van der Waals surface area contributed by atoms with Crippen LogP contribution in [0.25, 0.3) is 5.57 Å². The fourth-order valence-corrected chi connectivity index (χ4v) is 3.38. The van der Waals surface area contributed by atoms with Gasteiger partial charge in [-0.25, -0.2) is 0 Å². The van der Waals surface area contributed by atoms with Gasteiger partial charge in [0.05, 0.1) is 0 Å². The minimum Gasteiger partial charge on any atom is -0.488 e. The van der Waals surface area contributed by atoms with E-state index in [0.717, 1.165) is 36.4 Å². The zero-order chi connectivity index (χ0) is 21.4. The standard InChI is InChI=1S/C24H34N2O3/c1-6-8-23(24(29-25)17(3)9-10-19(5)27)20-11-13-21(14-12-20)28-22-15-26(16-22)18(4)7-2/h6,11-14,18,22H,1,3,7-10,15-16,25H2,2,4-5H3. The van der Waals surface area contributed by atoms with E-state index in [9.17, 15) is 4.79 Å². The molecule has 5 nitrogen and oxygen atoms in total. The molecule has 1 aromatic rings. The van der Waals surface area contributed by atoms with Gasteiger partial charge in [-0.3, -0.25) is 4.90 Å². The molecule has 1 saturated heterocycles. The molecule has 29 heavy (non-hydrogen) atoms. The number of carbonyl (C=O) groups is 1. The number of ether oxygens (including phenoxy) is 1. The first-order valence-corrected chi connectivity index (χ1v) is 10.3. The minimum absolute atomic E-state index is 0.109. The van der Waals surface area contributed by atoms with Crippen molar-refractivity contribution in [3.8, 4) is 5.75 Å². The van der Waals surface area contributed by atoms with Gasteiger partial charge in [-0.05, 0) is 56.4 Å². The first kappa shape index (κ1) is 22.9. The largest absolute Gasteiger partial charge is 0.488 e. The molecule has 1 atom stereocenters. The highest BCUT2D eigenvalue weighted by atomic mass is 16.6. The smallest absolute Gasteiger partial charge is 0.153 e. The van der Waals surface area contributed by atoms with Crippen LogP contribution >= 0.6 is 0 Å². The molecule has 1 heterocycles. The number of hydrogen-bond donors (Lipinski definition) is 1. The third-order valence-corrected chi connectivity index (χ3v) is 5.44. The molecule has 2 N–H and O–H groups in total. The van der Waals surface area contributed by atoms with E-state index in [0.29, 0.717) is 36.6 Å². The fraction of sp³-hybridized carbons (Fsp3) is 0.458. The number of likely N-dealkylation sites (tertiary alicyclic amines) is 1. The highest BCUT2D eigenvalue weighted by molar-refractivity contribution is 5.76. The second-order valence-corrected chi connectivity index (χ2v) is 7.70. The Morgan fingerprint density at radius 1 is 1.31 bits per heavy atom. The number of nitrogens with two attached hydrogens (primary N) is 1. The van der Waals surface area contributed by atoms with Crippen LogP contribution in [0.4, 0.5) is 0 Å². The lowest BCUT2D eigenvalue weighted by Crippen LogP contribution is -2.56. The highest BCUT2D eigenvalue weighted by Crippen LogP contribution is 2.30. The van der Waals surface area contributed by atoms with Crippen molar-refractivity contribution in [2.24, 2.45) is 5.90 Å². The number of rotatable bonds is 12. The molecular formula is C24H34N2O3. The van der Waals surface area contributed by atoms with Gasteiger partial charge in [0.15, 0.2) is 5.76 Å². The normalized spacial score (nSPS) is 16.4. The van der Waals surface area contributed by atoms with Crippen molar-refractivity contribution in [3.63, 3.8) is 0 Å². The van der Waals surface area contributed by atoms with Crippen molar-refractivity contribution < 1.29 is 14.4 Å². The molecule has 0 spiro atoms. The predicted molar refractivity (Wildman–Crippen MR) is 118 cm³/mol. The van der Waals surface area contributed by atoms with Gasteiger partial charge in [0.2, 0.25) is 0 Å². The van der Waals surface area contributed by atoms with Crippen LogP contribution < -0.4 is 10.6 Å². The van der Waals surface area contributed by atoms with E-state index >= 15 is 0 Å². The summed E-state index contributed by atoms with van der Waals surface area (Å²) in [5.41, 5.74) is 2.57. The van der Waals surface area contributed by atoms with E-state index in [1.165, 1.54) is 0 Å². The molecule has 1 aliphatic rings. The van der Waals surface area contributed by atoms with Crippen molar-refractivity contribution >= 4 is 11.4 Å². The molecule has 0 bridgehead atoms. The minimum atomic E-state index is 0.109. The average Bonchev–Trinajstić information content (AvgIpc) is 2.68. The van der Waals surface area contributed by atoms with Gasteiger partial charge in [0.1, 0.15) is 17.6 Å². The average molecular weight is 399 g/mol. The third kappa shape index (κ3) is 6.31. The predicted octanol–water partition coefficient (Wildman–Crippen LogP) is 4.65. The molecule has 0 aromatic heterocycles. The van der Waals surface area contributed by atoms with Gasteiger partial charge < -0.3 is 14.4 Å². The summed E-state index contributed by atoms with van der Waals surface area (Å²) < 4.78 is 6.08. The zero-order valence-corrected chi connectivity index (χ0v) is 17.9. The number of benzene rings is 1. The van der Waals surface area contributed by atoms with E-state index in [-0.39, 0.29) is 11.9 Å². The maximum Gasteiger partial charge on any atom is 0.153 e. The van der Waals surface area contributed by atoms with Gasteiger partial charge in [0.25, 0.3) is 0 Å². The molecule has 1 unspecified atom stereocenters. The summed E-state index contributed by atoms with van der Waals surface area (Å²) in [6, 6.07) is 8.54. The highest BCUT2D eigenvalue weighted by Gasteiger charge is 2.31. The van der Waals surface area contributed by atoms with Crippen LogP contribution in [0.15, 0.2) is 54.8 Å². The van der Waals surface area contributed by atoms with Gasteiger partial charge in [0, 0.05) is 31.1 Å². The Hall–Kier alpha value is -2.37. The molecule has 158 valence electrons. The van der Waals surface area contributed by atoms with Crippen molar-refractivity contribution in [1.82, 2.24) is 4.90 Å². The van der Waals surface area contributed by atoms with Gasteiger partial charge in [-0.15, -0.1) is 6.58 Å². The topological polar surface area (TPSA) is 64.8 Å². The lowest BCUT2D eigenvalue weighted by atomic mass is 9.96. The number of Topliss-reactive ketones (excluding diaryl/α,β-unsaturated/α-hetero) is 1.